The molecule has 1 unspecified atom stereocenters. The number of nitrogens with zero attached hydrogens (tertiary/aromatic N) is 3. The van der Waals surface area contributed by atoms with Crippen LogP contribution in [0.25, 0.3) is 0 Å². The Hall–Kier alpha value is -1.40. The molecule has 3 heteroatoms. The van der Waals surface area contributed by atoms with Gasteiger partial charge in [-0.1, -0.05) is 0 Å². The molecule has 0 aliphatic rings. The van der Waals surface area contributed by atoms with Crippen molar-refractivity contribution >= 4 is 0 Å². The van der Waals surface area contributed by atoms with Gasteiger partial charge in [-0.25, -0.2) is 0 Å². The number of hydrogen-bond donors (Lipinski definition) is 0. The summed E-state index contributed by atoms with van der Waals surface area (Å²) in [6, 6.07) is 3.96. The van der Waals surface area contributed by atoms with E-state index < -0.39 is 0 Å². The predicted octanol–water partition coefficient (Wildman–Crippen LogP) is 1.52. The first-order valence-electron chi connectivity index (χ1n) is 4.13. The van der Waals surface area contributed by atoms with Crippen LogP contribution in [0.3, 0.4) is 0 Å². The Kier molecular flexibility index (Phi) is 2.99. The van der Waals surface area contributed by atoms with Crippen molar-refractivity contribution < 1.29 is 0 Å². The minimum absolute atomic E-state index is 0.200. The van der Waals surface area contributed by atoms with E-state index in [1.165, 1.54) is 0 Å². The summed E-state index contributed by atoms with van der Waals surface area (Å²) in [4.78, 5) is 5.90. The van der Waals surface area contributed by atoms with Gasteiger partial charge in [0.25, 0.3) is 0 Å². The first kappa shape index (κ1) is 9.69. The Morgan fingerprint density at radius 1 is 1.54 bits per heavy atom. The van der Waals surface area contributed by atoms with Crippen molar-refractivity contribution in [3.8, 4) is 6.07 Å². The molecule has 0 bridgehead atoms. The maximum Gasteiger partial charge on any atom is 0.125 e. The molecule has 13 heavy (non-hydrogen) atoms. The monoisotopic (exact) mass is 175 g/mol. The van der Waals surface area contributed by atoms with Crippen molar-refractivity contribution in [3.05, 3.63) is 29.6 Å². The molecule has 0 radical (unpaired) electrons. The Balaban J connectivity index is 3.07. The molecule has 0 aliphatic heterocycles. The highest BCUT2D eigenvalue weighted by Crippen LogP contribution is 2.19. The molecule has 1 heterocycles. The molecule has 68 valence electrons. The van der Waals surface area contributed by atoms with Crippen LogP contribution < -0.4 is 0 Å². The smallest absolute Gasteiger partial charge is 0.125 e. The fourth-order valence-electron chi connectivity index (χ4n) is 1.23. The average Bonchev–Trinajstić information content (AvgIpc) is 2.09. The summed E-state index contributed by atoms with van der Waals surface area (Å²) in [5.74, 6) is 0. The first-order chi connectivity index (χ1) is 6.16. The Bertz CT molecular complexity index is 325. The third-order valence-corrected chi connectivity index (χ3v) is 2.01. The summed E-state index contributed by atoms with van der Waals surface area (Å²) in [7, 11) is 3.78. The summed E-state index contributed by atoms with van der Waals surface area (Å²) in [5.41, 5.74) is 2.09. The second-order valence-electron chi connectivity index (χ2n) is 3.23. The summed E-state index contributed by atoms with van der Waals surface area (Å²) in [6.45, 7) is 1.99. The molecule has 0 aromatic carbocycles. The highest BCUT2D eigenvalue weighted by Gasteiger charge is 2.14. The maximum absolute atomic E-state index is 8.95. The van der Waals surface area contributed by atoms with Gasteiger partial charge in [-0.15, -0.1) is 0 Å². The minimum Gasteiger partial charge on any atom is -0.290 e. The number of nitriles is 1. The SMILES string of the molecule is Cc1ccncc1C(C#N)N(C)C. The van der Waals surface area contributed by atoms with Crippen molar-refractivity contribution in [1.82, 2.24) is 9.88 Å². The molecule has 0 spiro atoms. The molecule has 0 saturated carbocycles. The lowest BCUT2D eigenvalue weighted by Gasteiger charge is -2.18. The third-order valence-electron chi connectivity index (χ3n) is 2.01. The van der Waals surface area contributed by atoms with Crippen LogP contribution in [0.4, 0.5) is 0 Å². The molecular formula is C10H13N3. The van der Waals surface area contributed by atoms with E-state index in [0.717, 1.165) is 11.1 Å². The summed E-state index contributed by atoms with van der Waals surface area (Å²) in [6.07, 6.45) is 3.49. The zero-order valence-electron chi connectivity index (χ0n) is 8.15. The number of hydrogen-bond acceptors (Lipinski definition) is 3. The Labute approximate surface area is 78.6 Å². The second-order valence-corrected chi connectivity index (χ2v) is 3.23. The van der Waals surface area contributed by atoms with Crippen LogP contribution in [0.5, 0.6) is 0 Å². The molecule has 1 atom stereocenters. The van der Waals surface area contributed by atoms with E-state index in [2.05, 4.69) is 11.1 Å². The molecule has 0 fully saturated rings. The van der Waals surface area contributed by atoms with E-state index in [1.54, 1.807) is 12.4 Å². The lowest BCUT2D eigenvalue weighted by molar-refractivity contribution is 0.356. The fourth-order valence-corrected chi connectivity index (χ4v) is 1.23. The van der Waals surface area contributed by atoms with Gasteiger partial charge in [-0.2, -0.15) is 5.26 Å². The first-order valence-corrected chi connectivity index (χ1v) is 4.13. The normalized spacial score (nSPS) is 12.5. The third kappa shape index (κ3) is 2.04. The predicted molar refractivity (Wildman–Crippen MR) is 51.0 cm³/mol. The molecule has 0 amide bonds. The van der Waals surface area contributed by atoms with Gasteiger partial charge in [0.15, 0.2) is 0 Å². The van der Waals surface area contributed by atoms with Gasteiger partial charge in [0.2, 0.25) is 0 Å². The van der Waals surface area contributed by atoms with Crippen LogP contribution in [-0.4, -0.2) is 24.0 Å². The Morgan fingerprint density at radius 2 is 2.23 bits per heavy atom. The fraction of sp³-hybridized carbons (Fsp3) is 0.400. The molecule has 1 rings (SSSR count). The van der Waals surface area contributed by atoms with E-state index in [4.69, 9.17) is 5.26 Å². The zero-order valence-corrected chi connectivity index (χ0v) is 8.15. The quantitative estimate of drug-likeness (QED) is 0.684. The lowest BCUT2D eigenvalue weighted by atomic mass is 10.0. The van der Waals surface area contributed by atoms with Crippen molar-refractivity contribution in [2.24, 2.45) is 0 Å². The van der Waals surface area contributed by atoms with Crippen molar-refractivity contribution in [1.29, 1.82) is 5.26 Å². The highest BCUT2D eigenvalue weighted by atomic mass is 15.1. The van der Waals surface area contributed by atoms with Gasteiger partial charge in [0, 0.05) is 18.0 Å². The van der Waals surface area contributed by atoms with E-state index in [1.807, 2.05) is 32.0 Å². The number of rotatable bonds is 2. The van der Waals surface area contributed by atoms with E-state index >= 15 is 0 Å². The molecule has 0 saturated heterocycles. The number of aromatic nitrogens is 1. The van der Waals surface area contributed by atoms with Gasteiger partial charge >= 0.3 is 0 Å². The van der Waals surface area contributed by atoms with Gasteiger partial charge in [-0.05, 0) is 32.6 Å². The van der Waals surface area contributed by atoms with Crippen molar-refractivity contribution in [2.45, 2.75) is 13.0 Å². The lowest BCUT2D eigenvalue weighted by Crippen LogP contribution is -2.19. The molecule has 1 aromatic rings. The van der Waals surface area contributed by atoms with Crippen LogP contribution in [-0.2, 0) is 0 Å². The van der Waals surface area contributed by atoms with E-state index in [-0.39, 0.29) is 6.04 Å². The summed E-state index contributed by atoms with van der Waals surface area (Å²) >= 11 is 0. The number of pyridine rings is 1. The molecule has 1 aromatic heterocycles. The van der Waals surface area contributed by atoms with Crippen LogP contribution in [0.15, 0.2) is 18.5 Å². The highest BCUT2D eigenvalue weighted by molar-refractivity contribution is 5.28. The zero-order chi connectivity index (χ0) is 9.84. The topological polar surface area (TPSA) is 39.9 Å². The van der Waals surface area contributed by atoms with Crippen LogP contribution in [0.2, 0.25) is 0 Å². The standard InChI is InChI=1S/C10H13N3/c1-8-4-5-12-7-9(8)10(6-11)13(2)3/h4-5,7,10H,1-3H3. The average molecular weight is 175 g/mol. The van der Waals surface area contributed by atoms with Crippen LogP contribution >= 0.6 is 0 Å². The summed E-state index contributed by atoms with van der Waals surface area (Å²) in [5, 5.41) is 8.95. The minimum atomic E-state index is -0.200. The van der Waals surface area contributed by atoms with Crippen molar-refractivity contribution in [2.75, 3.05) is 14.1 Å². The van der Waals surface area contributed by atoms with Gasteiger partial charge < -0.3 is 0 Å². The number of aryl methyl sites for hydroxylation is 1. The van der Waals surface area contributed by atoms with Gasteiger partial charge in [0.1, 0.15) is 6.04 Å². The van der Waals surface area contributed by atoms with E-state index in [0.29, 0.717) is 0 Å². The molecule has 3 nitrogen and oxygen atoms in total. The van der Waals surface area contributed by atoms with E-state index in [9.17, 15) is 0 Å². The summed E-state index contributed by atoms with van der Waals surface area (Å²) < 4.78 is 0. The molecule has 0 aliphatic carbocycles. The van der Waals surface area contributed by atoms with Gasteiger partial charge in [0.05, 0.1) is 6.07 Å². The maximum atomic E-state index is 8.95. The van der Waals surface area contributed by atoms with Crippen LogP contribution in [0.1, 0.15) is 17.2 Å². The molecular weight excluding hydrogens is 162 g/mol. The van der Waals surface area contributed by atoms with Crippen LogP contribution in [0, 0.1) is 18.3 Å². The Morgan fingerprint density at radius 3 is 2.69 bits per heavy atom. The second kappa shape index (κ2) is 4.01. The van der Waals surface area contributed by atoms with Gasteiger partial charge in [-0.3, -0.25) is 9.88 Å². The molecule has 0 N–H and O–H groups in total. The van der Waals surface area contributed by atoms with Crippen molar-refractivity contribution in [3.63, 3.8) is 0 Å². The largest absolute Gasteiger partial charge is 0.290 e.